The van der Waals surface area contributed by atoms with Crippen molar-refractivity contribution in [1.29, 1.82) is 0 Å². The van der Waals surface area contributed by atoms with Crippen molar-refractivity contribution in [3.05, 3.63) is 77.8 Å². The Bertz CT molecular complexity index is 1070. The molecule has 3 aromatic heterocycles. The van der Waals surface area contributed by atoms with Crippen LogP contribution in [0.1, 0.15) is 34.6 Å². The number of rotatable bonds is 6. The smallest absolute Gasteiger partial charge is 0.258 e. The first-order valence-electron chi connectivity index (χ1n) is 8.92. The van der Waals surface area contributed by atoms with E-state index < -0.39 is 0 Å². The second-order valence-electron chi connectivity index (χ2n) is 6.62. The van der Waals surface area contributed by atoms with E-state index in [1.165, 1.54) is 0 Å². The van der Waals surface area contributed by atoms with Crippen molar-refractivity contribution in [2.24, 2.45) is 0 Å². The zero-order chi connectivity index (χ0) is 19.5. The Hall–Kier alpha value is -3.52. The average molecular weight is 376 g/mol. The van der Waals surface area contributed by atoms with Gasteiger partial charge in [-0.15, -0.1) is 10.2 Å². The number of benzene rings is 1. The third-order valence-corrected chi connectivity index (χ3v) is 4.73. The number of carbonyl (C=O) groups is 1. The number of amides is 1. The quantitative estimate of drug-likeness (QED) is 0.556. The fourth-order valence-corrected chi connectivity index (χ4v) is 2.95. The molecule has 0 aliphatic carbocycles. The van der Waals surface area contributed by atoms with Crippen molar-refractivity contribution in [3.8, 4) is 0 Å². The normalized spacial score (nSPS) is 12.4. The maximum absolute atomic E-state index is 12.5. The molecule has 4 rings (SSSR count). The van der Waals surface area contributed by atoms with Gasteiger partial charge >= 0.3 is 0 Å². The van der Waals surface area contributed by atoms with E-state index >= 15 is 0 Å². The van der Waals surface area contributed by atoms with Crippen LogP contribution in [0.3, 0.4) is 0 Å². The number of carbonyl (C=O) groups excluding carboxylic acids is 1. The van der Waals surface area contributed by atoms with E-state index in [0.717, 1.165) is 17.8 Å². The number of hydrogen-bond donors (Lipinski definition) is 1. The van der Waals surface area contributed by atoms with Crippen molar-refractivity contribution >= 4 is 17.5 Å². The Morgan fingerprint density at radius 2 is 2.00 bits per heavy atom. The van der Waals surface area contributed by atoms with Gasteiger partial charge in [-0.3, -0.25) is 19.4 Å². The van der Waals surface area contributed by atoms with Gasteiger partial charge in [-0.2, -0.15) is 0 Å². The summed E-state index contributed by atoms with van der Waals surface area (Å²) in [5.74, 6) is 0.167. The van der Waals surface area contributed by atoms with Crippen LogP contribution in [0.4, 0.5) is 5.95 Å². The zero-order valence-electron chi connectivity index (χ0n) is 15.6. The van der Waals surface area contributed by atoms with Crippen molar-refractivity contribution in [1.82, 2.24) is 24.7 Å². The molecule has 1 N–H and O–H groups in total. The lowest BCUT2D eigenvalue weighted by molar-refractivity contribution is 0.102. The van der Waals surface area contributed by atoms with Gasteiger partial charge in [0.2, 0.25) is 5.95 Å². The molecule has 0 bridgehead atoms. The van der Waals surface area contributed by atoms with Crippen LogP contribution < -0.4 is 5.32 Å². The lowest BCUT2D eigenvalue weighted by Crippen LogP contribution is -2.22. The highest BCUT2D eigenvalue weighted by Crippen LogP contribution is 2.19. The van der Waals surface area contributed by atoms with E-state index in [0.29, 0.717) is 17.2 Å². The minimum absolute atomic E-state index is 0.128. The van der Waals surface area contributed by atoms with Crippen molar-refractivity contribution in [2.45, 2.75) is 19.5 Å². The Morgan fingerprint density at radius 1 is 1.18 bits per heavy atom. The molecule has 1 atom stereocenters. The Morgan fingerprint density at radius 3 is 2.75 bits per heavy atom. The summed E-state index contributed by atoms with van der Waals surface area (Å²) in [6.07, 6.45) is 3.38. The van der Waals surface area contributed by atoms with Gasteiger partial charge in [0.05, 0.1) is 6.04 Å². The summed E-state index contributed by atoms with van der Waals surface area (Å²) < 4.78 is 6.64. The number of hydrogen-bond acceptors (Lipinski definition) is 6. The molecule has 0 fully saturated rings. The van der Waals surface area contributed by atoms with Crippen LogP contribution in [0.5, 0.6) is 0 Å². The Balaban J connectivity index is 1.42. The van der Waals surface area contributed by atoms with Crippen LogP contribution in [0.2, 0.25) is 0 Å². The summed E-state index contributed by atoms with van der Waals surface area (Å²) in [5, 5.41) is 14.8. The van der Waals surface area contributed by atoms with Gasteiger partial charge in [0.1, 0.15) is 12.0 Å². The van der Waals surface area contributed by atoms with E-state index in [2.05, 4.69) is 32.5 Å². The lowest BCUT2D eigenvalue weighted by Gasteiger charge is -2.22. The predicted octanol–water partition coefficient (Wildman–Crippen LogP) is 3.16. The first kappa shape index (κ1) is 17.9. The molecule has 0 radical (unpaired) electrons. The molecule has 142 valence electrons. The number of nitrogens with one attached hydrogen (secondary N) is 1. The standard InChI is InChI=1S/C20H20N6O2/c1-14(17-10-12-28-24-17)25(2)13-15-6-8-16(9-7-15)19(27)21-20-23-22-18-5-3-4-11-26(18)20/h3-12,14H,13H2,1-2H3,(H,21,23,27). The molecule has 0 aliphatic rings. The molecule has 1 unspecified atom stereocenters. The molecule has 1 amide bonds. The summed E-state index contributed by atoms with van der Waals surface area (Å²) in [7, 11) is 2.02. The first-order valence-corrected chi connectivity index (χ1v) is 8.92. The van der Waals surface area contributed by atoms with E-state index in [-0.39, 0.29) is 11.9 Å². The van der Waals surface area contributed by atoms with Gasteiger partial charge in [0.15, 0.2) is 5.65 Å². The molecule has 0 saturated heterocycles. The topological polar surface area (TPSA) is 88.6 Å². The molecule has 28 heavy (non-hydrogen) atoms. The SMILES string of the molecule is CC(c1ccon1)N(C)Cc1ccc(C(=O)Nc2nnc3ccccn23)cc1. The molecule has 0 saturated carbocycles. The fraction of sp³-hybridized carbons (Fsp3) is 0.200. The number of fused-ring (bicyclic) bond motifs is 1. The van der Waals surface area contributed by atoms with Gasteiger partial charge < -0.3 is 4.52 Å². The highest BCUT2D eigenvalue weighted by atomic mass is 16.5. The zero-order valence-corrected chi connectivity index (χ0v) is 15.6. The maximum Gasteiger partial charge on any atom is 0.258 e. The number of aromatic nitrogens is 4. The van der Waals surface area contributed by atoms with E-state index in [4.69, 9.17) is 4.52 Å². The third-order valence-electron chi connectivity index (χ3n) is 4.73. The highest BCUT2D eigenvalue weighted by molar-refractivity contribution is 6.03. The average Bonchev–Trinajstić information content (AvgIpc) is 3.38. The lowest BCUT2D eigenvalue weighted by atomic mass is 10.1. The van der Waals surface area contributed by atoms with E-state index in [1.54, 1.807) is 16.9 Å². The van der Waals surface area contributed by atoms with Crippen LogP contribution in [0.25, 0.3) is 5.65 Å². The van der Waals surface area contributed by atoms with Gasteiger partial charge in [0, 0.05) is 24.4 Å². The van der Waals surface area contributed by atoms with E-state index in [1.807, 2.05) is 55.6 Å². The molecule has 8 nitrogen and oxygen atoms in total. The van der Waals surface area contributed by atoms with Gasteiger partial charge in [-0.05, 0) is 43.8 Å². The minimum Gasteiger partial charge on any atom is -0.364 e. The summed E-state index contributed by atoms with van der Waals surface area (Å²) in [6, 6.07) is 15.1. The largest absolute Gasteiger partial charge is 0.364 e. The van der Waals surface area contributed by atoms with E-state index in [9.17, 15) is 4.79 Å². The van der Waals surface area contributed by atoms with Gasteiger partial charge in [0.25, 0.3) is 5.91 Å². The fourth-order valence-electron chi connectivity index (χ4n) is 2.95. The molecule has 0 aliphatic heterocycles. The summed E-state index contributed by atoms with van der Waals surface area (Å²) in [4.78, 5) is 14.7. The molecule has 4 aromatic rings. The maximum atomic E-state index is 12.5. The third kappa shape index (κ3) is 3.63. The Labute approximate surface area is 161 Å². The molecule has 0 spiro atoms. The van der Waals surface area contributed by atoms with Gasteiger partial charge in [-0.1, -0.05) is 23.4 Å². The highest BCUT2D eigenvalue weighted by Gasteiger charge is 2.15. The minimum atomic E-state index is -0.228. The molecular weight excluding hydrogens is 356 g/mol. The number of nitrogens with zero attached hydrogens (tertiary/aromatic N) is 5. The number of pyridine rings is 1. The second kappa shape index (κ2) is 7.61. The van der Waals surface area contributed by atoms with Gasteiger partial charge in [-0.25, -0.2) is 0 Å². The summed E-state index contributed by atoms with van der Waals surface area (Å²) in [6.45, 7) is 2.80. The first-order chi connectivity index (χ1) is 13.6. The predicted molar refractivity (Wildman–Crippen MR) is 104 cm³/mol. The summed E-state index contributed by atoms with van der Waals surface area (Å²) >= 11 is 0. The van der Waals surface area contributed by atoms with Crippen molar-refractivity contribution in [3.63, 3.8) is 0 Å². The van der Waals surface area contributed by atoms with Crippen LogP contribution >= 0.6 is 0 Å². The van der Waals surface area contributed by atoms with Crippen LogP contribution in [-0.2, 0) is 6.54 Å². The van der Waals surface area contributed by atoms with Crippen molar-refractivity contribution in [2.75, 3.05) is 12.4 Å². The van der Waals surface area contributed by atoms with Crippen molar-refractivity contribution < 1.29 is 9.32 Å². The monoisotopic (exact) mass is 376 g/mol. The molecular formula is C20H20N6O2. The second-order valence-corrected chi connectivity index (χ2v) is 6.62. The van der Waals surface area contributed by atoms with Crippen LogP contribution in [0, 0.1) is 0 Å². The Kier molecular flexibility index (Phi) is 4.86. The molecule has 8 heteroatoms. The summed E-state index contributed by atoms with van der Waals surface area (Å²) in [5.41, 5.74) is 3.22. The van der Waals surface area contributed by atoms with Crippen LogP contribution in [0.15, 0.2) is 65.5 Å². The number of anilines is 1. The molecule has 3 heterocycles. The van der Waals surface area contributed by atoms with Crippen LogP contribution in [-0.4, -0.2) is 37.6 Å². The molecule has 1 aromatic carbocycles.